The highest BCUT2D eigenvalue weighted by atomic mass is 16.2. The van der Waals surface area contributed by atoms with Gasteiger partial charge in [-0.15, -0.1) is 0 Å². The van der Waals surface area contributed by atoms with Crippen LogP contribution < -0.4 is 0 Å². The van der Waals surface area contributed by atoms with E-state index in [0.717, 1.165) is 30.5 Å². The lowest BCUT2D eigenvalue weighted by atomic mass is 9.99. The Balaban J connectivity index is 2.36. The number of benzene rings is 1. The predicted molar refractivity (Wildman–Crippen MR) is 84.1 cm³/mol. The van der Waals surface area contributed by atoms with Crippen molar-refractivity contribution in [3.8, 4) is 11.8 Å². The van der Waals surface area contributed by atoms with Gasteiger partial charge in [-0.25, -0.2) is 0 Å². The van der Waals surface area contributed by atoms with Gasteiger partial charge in [0.15, 0.2) is 0 Å². The third kappa shape index (κ3) is 3.46. The molecule has 1 N–H and O–H groups in total. The van der Waals surface area contributed by atoms with E-state index in [1.807, 2.05) is 30.0 Å². The minimum absolute atomic E-state index is 0.0430. The number of rotatable bonds is 2. The van der Waals surface area contributed by atoms with Crippen LogP contribution in [0.1, 0.15) is 54.6 Å². The second-order valence-electron chi connectivity index (χ2n) is 6.20. The smallest absolute Gasteiger partial charge is 0.255 e. The van der Waals surface area contributed by atoms with Crippen molar-refractivity contribution >= 4 is 5.91 Å². The molecule has 0 aliphatic carbocycles. The number of carbonyl (C=O) groups is 1. The maximum atomic E-state index is 12.9. The highest BCUT2D eigenvalue weighted by molar-refractivity contribution is 5.97. The number of nitrogens with zero attached hydrogens (tertiary/aromatic N) is 1. The third-order valence-corrected chi connectivity index (χ3v) is 4.01. The molecule has 1 aromatic rings. The summed E-state index contributed by atoms with van der Waals surface area (Å²) in [5, 5.41) is 8.83. The van der Waals surface area contributed by atoms with Gasteiger partial charge in [-0.3, -0.25) is 4.79 Å². The minimum Gasteiger partial charge on any atom is -0.395 e. The number of hydrogen-bond donors (Lipinski definition) is 1. The highest BCUT2D eigenvalue weighted by Gasteiger charge is 2.36. The molecule has 3 heteroatoms. The Labute approximate surface area is 127 Å². The van der Waals surface area contributed by atoms with Gasteiger partial charge in [0.2, 0.25) is 0 Å². The molecule has 0 radical (unpaired) electrons. The van der Waals surface area contributed by atoms with Gasteiger partial charge >= 0.3 is 0 Å². The summed E-state index contributed by atoms with van der Waals surface area (Å²) in [6, 6.07) is 5.78. The molecule has 0 aromatic heterocycles. The fraction of sp³-hybridized carbons (Fsp3) is 0.500. The van der Waals surface area contributed by atoms with Crippen molar-refractivity contribution in [1.82, 2.24) is 4.90 Å². The molecule has 0 unspecified atom stereocenters. The van der Waals surface area contributed by atoms with E-state index in [1.165, 1.54) is 0 Å². The Kier molecular flexibility index (Phi) is 4.69. The molecule has 0 atom stereocenters. The number of amides is 1. The van der Waals surface area contributed by atoms with Crippen molar-refractivity contribution < 1.29 is 9.90 Å². The van der Waals surface area contributed by atoms with Crippen molar-refractivity contribution in [2.45, 2.75) is 45.6 Å². The topological polar surface area (TPSA) is 40.5 Å². The molecule has 1 fully saturated rings. The molecule has 1 saturated heterocycles. The molecule has 112 valence electrons. The SMILES string of the molecule is Cc1ccc(C#CCCO)c(C(=O)N2CCCC2(C)C)c1. The molecule has 1 aliphatic heterocycles. The van der Waals surface area contributed by atoms with Crippen molar-refractivity contribution in [1.29, 1.82) is 0 Å². The van der Waals surface area contributed by atoms with Gasteiger partial charge in [-0.1, -0.05) is 23.5 Å². The molecule has 1 heterocycles. The zero-order valence-corrected chi connectivity index (χ0v) is 13.1. The maximum absolute atomic E-state index is 12.9. The Morgan fingerprint density at radius 1 is 1.43 bits per heavy atom. The van der Waals surface area contributed by atoms with Gasteiger partial charge in [0.1, 0.15) is 0 Å². The number of aryl methyl sites for hydroxylation is 1. The van der Waals surface area contributed by atoms with Crippen LogP contribution in [-0.2, 0) is 0 Å². The average molecular weight is 285 g/mol. The van der Waals surface area contributed by atoms with Crippen LogP contribution in [0.4, 0.5) is 0 Å². The summed E-state index contributed by atoms with van der Waals surface area (Å²) < 4.78 is 0. The standard InChI is InChI=1S/C18H23NO2/c1-14-8-9-15(7-4-5-12-20)16(13-14)17(21)19-11-6-10-18(19,2)3/h8-9,13,20H,5-6,10-12H2,1-3H3. The number of aliphatic hydroxyl groups is 1. The van der Waals surface area contributed by atoms with Crippen LogP contribution in [0.15, 0.2) is 18.2 Å². The van der Waals surface area contributed by atoms with Crippen LogP contribution in [0.5, 0.6) is 0 Å². The zero-order valence-electron chi connectivity index (χ0n) is 13.1. The fourth-order valence-electron chi connectivity index (χ4n) is 2.79. The monoisotopic (exact) mass is 285 g/mol. The van der Waals surface area contributed by atoms with Crippen LogP contribution in [0, 0.1) is 18.8 Å². The molecule has 1 aliphatic rings. The molecule has 2 rings (SSSR count). The first-order chi connectivity index (χ1) is 9.95. The van der Waals surface area contributed by atoms with Gasteiger partial charge in [-0.05, 0) is 45.7 Å². The molecule has 0 saturated carbocycles. The van der Waals surface area contributed by atoms with E-state index in [9.17, 15) is 4.79 Å². The summed E-state index contributed by atoms with van der Waals surface area (Å²) in [6.45, 7) is 7.07. The molecule has 1 aromatic carbocycles. The third-order valence-electron chi connectivity index (χ3n) is 4.01. The molecule has 0 bridgehead atoms. The van der Waals surface area contributed by atoms with Crippen molar-refractivity contribution in [3.05, 3.63) is 34.9 Å². The van der Waals surface area contributed by atoms with Crippen LogP contribution in [-0.4, -0.2) is 34.6 Å². The van der Waals surface area contributed by atoms with Crippen molar-refractivity contribution in [3.63, 3.8) is 0 Å². The van der Waals surface area contributed by atoms with E-state index in [2.05, 4.69) is 25.7 Å². The number of carbonyl (C=O) groups excluding carboxylic acids is 1. The quantitative estimate of drug-likeness (QED) is 0.849. The van der Waals surface area contributed by atoms with Crippen LogP contribution in [0.2, 0.25) is 0 Å². The summed E-state index contributed by atoms with van der Waals surface area (Å²) in [7, 11) is 0. The second-order valence-corrected chi connectivity index (χ2v) is 6.20. The Morgan fingerprint density at radius 2 is 2.19 bits per heavy atom. The highest BCUT2D eigenvalue weighted by Crippen LogP contribution is 2.30. The Morgan fingerprint density at radius 3 is 2.81 bits per heavy atom. The maximum Gasteiger partial charge on any atom is 0.255 e. The Bertz CT molecular complexity index is 593. The minimum atomic E-state index is -0.0867. The first kappa shape index (κ1) is 15.6. The average Bonchev–Trinajstić information content (AvgIpc) is 2.79. The van der Waals surface area contributed by atoms with E-state index >= 15 is 0 Å². The molecular formula is C18H23NO2. The fourth-order valence-corrected chi connectivity index (χ4v) is 2.79. The van der Waals surface area contributed by atoms with Crippen molar-refractivity contribution in [2.75, 3.05) is 13.2 Å². The van der Waals surface area contributed by atoms with E-state index in [0.29, 0.717) is 12.0 Å². The van der Waals surface area contributed by atoms with Crippen LogP contribution >= 0.6 is 0 Å². The van der Waals surface area contributed by atoms with E-state index in [-0.39, 0.29) is 18.1 Å². The van der Waals surface area contributed by atoms with E-state index < -0.39 is 0 Å². The first-order valence-electron chi connectivity index (χ1n) is 7.48. The zero-order chi connectivity index (χ0) is 15.5. The van der Waals surface area contributed by atoms with Gasteiger partial charge in [0, 0.05) is 24.1 Å². The summed E-state index contributed by atoms with van der Waals surface area (Å²) >= 11 is 0. The molecule has 21 heavy (non-hydrogen) atoms. The summed E-state index contributed by atoms with van der Waals surface area (Å²) in [6.07, 6.45) is 2.52. The number of hydrogen-bond acceptors (Lipinski definition) is 2. The summed E-state index contributed by atoms with van der Waals surface area (Å²) in [5.74, 6) is 5.99. The molecule has 1 amide bonds. The number of likely N-dealkylation sites (tertiary alicyclic amines) is 1. The largest absolute Gasteiger partial charge is 0.395 e. The molecule has 0 spiro atoms. The normalized spacial score (nSPS) is 16.5. The van der Waals surface area contributed by atoms with Gasteiger partial charge in [0.25, 0.3) is 5.91 Å². The molecule has 3 nitrogen and oxygen atoms in total. The predicted octanol–water partition coefficient (Wildman–Crippen LogP) is 2.74. The van der Waals surface area contributed by atoms with Crippen LogP contribution in [0.25, 0.3) is 0 Å². The van der Waals surface area contributed by atoms with Gasteiger partial charge < -0.3 is 10.0 Å². The summed E-state index contributed by atoms with van der Waals surface area (Å²) in [4.78, 5) is 14.8. The second kappa shape index (κ2) is 6.32. The van der Waals surface area contributed by atoms with Crippen LogP contribution in [0.3, 0.4) is 0 Å². The van der Waals surface area contributed by atoms with Gasteiger partial charge in [0.05, 0.1) is 12.2 Å². The lowest BCUT2D eigenvalue weighted by Gasteiger charge is -2.32. The summed E-state index contributed by atoms with van der Waals surface area (Å²) in [5.41, 5.74) is 2.40. The number of aliphatic hydroxyl groups excluding tert-OH is 1. The first-order valence-corrected chi connectivity index (χ1v) is 7.48. The molecular weight excluding hydrogens is 262 g/mol. The van der Waals surface area contributed by atoms with E-state index in [4.69, 9.17) is 5.11 Å². The lowest BCUT2D eigenvalue weighted by Crippen LogP contribution is -2.42. The van der Waals surface area contributed by atoms with Gasteiger partial charge in [-0.2, -0.15) is 0 Å². The van der Waals surface area contributed by atoms with E-state index in [1.54, 1.807) is 0 Å². The lowest BCUT2D eigenvalue weighted by molar-refractivity contribution is 0.0651. The Hall–Kier alpha value is -1.79. The van der Waals surface area contributed by atoms with Crippen molar-refractivity contribution in [2.24, 2.45) is 0 Å².